The maximum absolute atomic E-state index is 12.3. The van der Waals surface area contributed by atoms with Gasteiger partial charge in [-0.3, -0.25) is 4.79 Å². The van der Waals surface area contributed by atoms with E-state index in [1.807, 2.05) is 0 Å². The number of carbonyl (C=O) groups excluding carboxylic acids is 1. The van der Waals surface area contributed by atoms with E-state index in [-0.39, 0.29) is 12.6 Å². The number of aliphatic carboxylic acids is 1. The van der Waals surface area contributed by atoms with Crippen LogP contribution in [0.25, 0.3) is 0 Å². The maximum Gasteiger partial charge on any atom is 0.406 e. The third kappa shape index (κ3) is 4.42. The molecule has 0 aromatic carbocycles. The summed E-state index contributed by atoms with van der Waals surface area (Å²) < 4.78 is 36.9. The lowest BCUT2D eigenvalue weighted by molar-refractivity contribution is -0.149. The third-order valence-electron chi connectivity index (χ3n) is 2.54. The van der Waals surface area contributed by atoms with E-state index in [9.17, 15) is 22.8 Å². The summed E-state index contributed by atoms with van der Waals surface area (Å²) in [6, 6.07) is -0.910. The average Bonchev–Trinajstić information content (AvgIpc) is 2.99. The van der Waals surface area contributed by atoms with Crippen molar-refractivity contribution < 1.29 is 27.9 Å². The van der Waals surface area contributed by atoms with Crippen LogP contribution in [0.15, 0.2) is 0 Å². The maximum atomic E-state index is 12.3. The fraction of sp³-hybridized carbons (Fsp3) is 0.800. The van der Waals surface area contributed by atoms with E-state index in [0.717, 1.165) is 12.8 Å². The average molecular weight is 268 g/mol. The molecule has 1 rings (SSSR count). The zero-order valence-electron chi connectivity index (χ0n) is 9.90. The highest BCUT2D eigenvalue weighted by molar-refractivity contribution is 5.80. The van der Waals surface area contributed by atoms with Gasteiger partial charge in [0.05, 0.1) is 0 Å². The van der Waals surface area contributed by atoms with Gasteiger partial charge < -0.3 is 14.9 Å². The summed E-state index contributed by atoms with van der Waals surface area (Å²) in [6.07, 6.45) is -3.09. The number of nitrogens with zero attached hydrogens (tertiary/aromatic N) is 2. The molecular weight excluding hydrogens is 253 g/mol. The molecule has 1 aliphatic rings. The Morgan fingerprint density at radius 3 is 2.22 bits per heavy atom. The molecule has 1 N–H and O–H groups in total. The molecule has 2 amide bonds. The molecule has 18 heavy (non-hydrogen) atoms. The predicted molar refractivity (Wildman–Crippen MR) is 56.1 cm³/mol. The Morgan fingerprint density at radius 1 is 1.33 bits per heavy atom. The van der Waals surface area contributed by atoms with E-state index in [1.165, 1.54) is 4.90 Å². The second-order valence-corrected chi connectivity index (χ2v) is 4.16. The van der Waals surface area contributed by atoms with Crippen LogP contribution in [0, 0.1) is 0 Å². The van der Waals surface area contributed by atoms with E-state index in [4.69, 9.17) is 5.11 Å². The van der Waals surface area contributed by atoms with E-state index < -0.39 is 31.3 Å². The summed E-state index contributed by atoms with van der Waals surface area (Å²) in [5, 5.41) is 8.56. The molecule has 1 aliphatic carbocycles. The number of hydrogen-bond donors (Lipinski definition) is 1. The van der Waals surface area contributed by atoms with E-state index >= 15 is 0 Å². The number of carboxylic acid groups (broad SMARTS) is 1. The quantitative estimate of drug-likeness (QED) is 0.822. The fourth-order valence-electron chi connectivity index (χ4n) is 1.69. The summed E-state index contributed by atoms with van der Waals surface area (Å²) in [5.74, 6) is -1.46. The van der Waals surface area contributed by atoms with Gasteiger partial charge in [-0.1, -0.05) is 0 Å². The number of halogens is 3. The van der Waals surface area contributed by atoms with Crippen LogP contribution in [-0.4, -0.2) is 58.8 Å². The molecule has 0 aromatic rings. The minimum absolute atomic E-state index is 0.0490. The Bertz CT molecular complexity index is 329. The van der Waals surface area contributed by atoms with Gasteiger partial charge in [0.15, 0.2) is 0 Å². The summed E-state index contributed by atoms with van der Waals surface area (Å²) >= 11 is 0. The molecule has 1 fully saturated rings. The molecule has 104 valence electrons. The number of urea groups is 1. The number of amides is 2. The SMILES string of the molecule is CCN(C(=O)N(CC(=O)O)CC(F)(F)F)C1CC1. The minimum Gasteiger partial charge on any atom is -0.480 e. The monoisotopic (exact) mass is 268 g/mol. The molecular formula is C10H15F3N2O3. The molecule has 1 saturated carbocycles. The number of carbonyl (C=O) groups is 2. The highest BCUT2D eigenvalue weighted by atomic mass is 19.4. The Hall–Kier alpha value is -1.47. The van der Waals surface area contributed by atoms with Crippen LogP contribution in [0.5, 0.6) is 0 Å². The Balaban J connectivity index is 2.73. The highest BCUT2D eigenvalue weighted by Crippen LogP contribution is 2.28. The molecule has 0 aromatic heterocycles. The van der Waals surface area contributed by atoms with Crippen molar-refractivity contribution in [1.82, 2.24) is 9.80 Å². The van der Waals surface area contributed by atoms with Crippen molar-refractivity contribution in [3.05, 3.63) is 0 Å². The van der Waals surface area contributed by atoms with Gasteiger partial charge in [-0.2, -0.15) is 13.2 Å². The van der Waals surface area contributed by atoms with Gasteiger partial charge >= 0.3 is 18.2 Å². The van der Waals surface area contributed by atoms with Gasteiger partial charge in [-0.05, 0) is 19.8 Å². The van der Waals surface area contributed by atoms with Crippen LogP contribution in [0.3, 0.4) is 0 Å². The molecule has 8 heteroatoms. The van der Waals surface area contributed by atoms with E-state index in [0.29, 0.717) is 4.90 Å². The molecule has 0 heterocycles. The predicted octanol–water partition coefficient (Wildman–Crippen LogP) is 1.54. The smallest absolute Gasteiger partial charge is 0.406 e. The molecule has 5 nitrogen and oxygen atoms in total. The Labute approximate surface area is 102 Å². The molecule has 0 saturated heterocycles. The number of hydrogen-bond acceptors (Lipinski definition) is 2. The Kier molecular flexibility index (Phi) is 4.42. The number of carboxylic acids is 1. The van der Waals surface area contributed by atoms with Crippen molar-refractivity contribution >= 4 is 12.0 Å². The van der Waals surface area contributed by atoms with Gasteiger partial charge in [0.2, 0.25) is 0 Å². The number of rotatable bonds is 5. The molecule has 0 atom stereocenters. The summed E-state index contributed by atoms with van der Waals surface area (Å²) in [7, 11) is 0. The van der Waals surface area contributed by atoms with Crippen molar-refractivity contribution in [2.45, 2.75) is 32.0 Å². The minimum atomic E-state index is -4.60. The first-order valence-electron chi connectivity index (χ1n) is 5.58. The van der Waals surface area contributed by atoms with Gasteiger partial charge in [0.1, 0.15) is 13.1 Å². The van der Waals surface area contributed by atoms with Crippen LogP contribution in [0.2, 0.25) is 0 Å². The van der Waals surface area contributed by atoms with Crippen LogP contribution < -0.4 is 0 Å². The van der Waals surface area contributed by atoms with Gasteiger partial charge in [-0.15, -0.1) is 0 Å². The lowest BCUT2D eigenvalue weighted by Crippen LogP contribution is -2.49. The van der Waals surface area contributed by atoms with Crippen LogP contribution in [0.4, 0.5) is 18.0 Å². The lowest BCUT2D eigenvalue weighted by atomic mass is 10.4. The van der Waals surface area contributed by atoms with Crippen LogP contribution >= 0.6 is 0 Å². The van der Waals surface area contributed by atoms with E-state index in [1.54, 1.807) is 6.92 Å². The van der Waals surface area contributed by atoms with Crippen molar-refractivity contribution in [2.24, 2.45) is 0 Å². The van der Waals surface area contributed by atoms with E-state index in [2.05, 4.69) is 0 Å². The third-order valence-corrected chi connectivity index (χ3v) is 2.54. The molecule has 0 unspecified atom stereocenters. The number of alkyl halides is 3. The summed E-state index contributed by atoms with van der Waals surface area (Å²) in [4.78, 5) is 24.0. The first-order valence-corrected chi connectivity index (χ1v) is 5.58. The Morgan fingerprint density at radius 2 is 1.89 bits per heavy atom. The van der Waals surface area contributed by atoms with Gasteiger partial charge in [0, 0.05) is 12.6 Å². The summed E-state index contributed by atoms with van der Waals surface area (Å²) in [5.41, 5.74) is 0. The zero-order chi connectivity index (χ0) is 13.9. The second kappa shape index (κ2) is 5.45. The first kappa shape index (κ1) is 14.6. The second-order valence-electron chi connectivity index (χ2n) is 4.16. The first-order chi connectivity index (χ1) is 8.24. The largest absolute Gasteiger partial charge is 0.480 e. The molecule has 0 spiro atoms. The summed E-state index contributed by atoms with van der Waals surface area (Å²) in [6.45, 7) is -0.552. The van der Waals surface area contributed by atoms with Crippen molar-refractivity contribution in [2.75, 3.05) is 19.6 Å². The van der Waals surface area contributed by atoms with Gasteiger partial charge in [-0.25, -0.2) is 4.79 Å². The molecule has 0 bridgehead atoms. The highest BCUT2D eigenvalue weighted by Gasteiger charge is 2.39. The topological polar surface area (TPSA) is 60.9 Å². The van der Waals surface area contributed by atoms with Gasteiger partial charge in [0.25, 0.3) is 0 Å². The van der Waals surface area contributed by atoms with Crippen molar-refractivity contribution in [1.29, 1.82) is 0 Å². The molecule has 0 aliphatic heterocycles. The fourth-order valence-corrected chi connectivity index (χ4v) is 1.69. The molecule has 0 radical (unpaired) electrons. The normalized spacial score (nSPS) is 15.3. The van der Waals surface area contributed by atoms with Crippen molar-refractivity contribution in [3.8, 4) is 0 Å². The van der Waals surface area contributed by atoms with Crippen LogP contribution in [-0.2, 0) is 4.79 Å². The van der Waals surface area contributed by atoms with Crippen molar-refractivity contribution in [3.63, 3.8) is 0 Å². The zero-order valence-corrected chi connectivity index (χ0v) is 9.90. The lowest BCUT2D eigenvalue weighted by Gasteiger charge is -2.29. The standard InChI is InChI=1S/C10H15F3N2O3/c1-2-15(7-3-4-7)9(18)14(5-8(16)17)6-10(11,12)13/h7H,2-6H2,1H3,(H,16,17). The van der Waals surface area contributed by atoms with Crippen LogP contribution in [0.1, 0.15) is 19.8 Å².